The van der Waals surface area contributed by atoms with Gasteiger partial charge in [0.2, 0.25) is 5.88 Å². The van der Waals surface area contributed by atoms with Crippen LogP contribution in [0.1, 0.15) is 12.0 Å². The molecule has 0 aromatic carbocycles. The van der Waals surface area contributed by atoms with Gasteiger partial charge in [-0.15, -0.1) is 0 Å². The first-order valence-electron chi connectivity index (χ1n) is 3.24. The first-order chi connectivity index (χ1) is 6.07. The normalized spacial score (nSPS) is 10.6. The lowest BCUT2D eigenvalue weighted by atomic mass is 10.3. The highest BCUT2D eigenvalue weighted by Gasteiger charge is 2.17. The summed E-state index contributed by atoms with van der Waals surface area (Å²) >= 11 is 8.62. The fourth-order valence-corrected chi connectivity index (χ4v) is 1.44. The molecule has 0 saturated carbocycles. The first-order valence-corrected chi connectivity index (χ1v) is 4.41. The molecule has 0 aliphatic heterocycles. The molecule has 0 saturated heterocycles. The summed E-state index contributed by atoms with van der Waals surface area (Å²) in [7, 11) is 1.36. The average Bonchev–Trinajstić information content (AvgIpc) is 2.09. The highest BCUT2D eigenvalue weighted by Crippen LogP contribution is 2.36. The molecule has 0 aliphatic carbocycles. The van der Waals surface area contributed by atoms with Crippen LogP contribution in [-0.4, -0.2) is 12.1 Å². The SMILES string of the molecule is COc1ncc(C(F)F)c(Br)c1Cl. The van der Waals surface area contributed by atoms with Gasteiger partial charge >= 0.3 is 0 Å². The van der Waals surface area contributed by atoms with Crippen molar-refractivity contribution >= 4 is 27.5 Å². The molecule has 1 heterocycles. The van der Waals surface area contributed by atoms with Gasteiger partial charge in [-0.05, 0) is 15.9 Å². The Balaban J connectivity index is 3.23. The number of halogens is 4. The van der Waals surface area contributed by atoms with E-state index < -0.39 is 6.43 Å². The van der Waals surface area contributed by atoms with E-state index >= 15 is 0 Å². The fraction of sp³-hybridized carbons (Fsp3) is 0.286. The van der Waals surface area contributed by atoms with Crippen molar-refractivity contribution < 1.29 is 13.5 Å². The Morgan fingerprint density at radius 2 is 2.23 bits per heavy atom. The second-order valence-corrected chi connectivity index (χ2v) is 3.32. The number of methoxy groups -OCH3 is 1. The second-order valence-electron chi connectivity index (χ2n) is 2.15. The van der Waals surface area contributed by atoms with Crippen LogP contribution in [-0.2, 0) is 0 Å². The van der Waals surface area contributed by atoms with Crippen LogP contribution in [0.4, 0.5) is 8.78 Å². The maximum absolute atomic E-state index is 12.3. The molecular weight excluding hydrogens is 267 g/mol. The summed E-state index contributed by atoms with van der Waals surface area (Å²) in [5.74, 6) is 0.123. The van der Waals surface area contributed by atoms with Crippen LogP contribution in [0.25, 0.3) is 0 Å². The molecule has 2 nitrogen and oxygen atoms in total. The van der Waals surface area contributed by atoms with Crippen LogP contribution >= 0.6 is 27.5 Å². The molecule has 0 radical (unpaired) electrons. The molecule has 0 spiro atoms. The average molecular weight is 272 g/mol. The quantitative estimate of drug-likeness (QED) is 0.823. The zero-order chi connectivity index (χ0) is 10.0. The van der Waals surface area contributed by atoms with Crippen LogP contribution in [0.3, 0.4) is 0 Å². The van der Waals surface area contributed by atoms with E-state index in [-0.39, 0.29) is 20.9 Å². The van der Waals surface area contributed by atoms with Crippen LogP contribution in [0.15, 0.2) is 10.7 Å². The molecule has 6 heteroatoms. The minimum Gasteiger partial charge on any atom is -0.480 e. The standard InChI is InChI=1S/C7H5BrClF2NO/c1-13-7-5(9)4(8)3(2-12-7)6(10)11/h2,6H,1H3. The Morgan fingerprint density at radius 3 is 2.69 bits per heavy atom. The topological polar surface area (TPSA) is 22.1 Å². The van der Waals surface area contributed by atoms with Crippen molar-refractivity contribution in [3.05, 3.63) is 21.3 Å². The highest BCUT2D eigenvalue weighted by molar-refractivity contribution is 9.10. The fourth-order valence-electron chi connectivity index (χ4n) is 0.757. The molecule has 1 aromatic rings. The van der Waals surface area contributed by atoms with E-state index in [4.69, 9.17) is 16.3 Å². The van der Waals surface area contributed by atoms with Gasteiger partial charge in [-0.2, -0.15) is 0 Å². The first kappa shape index (κ1) is 10.7. The van der Waals surface area contributed by atoms with E-state index in [0.29, 0.717) is 0 Å². The summed E-state index contributed by atoms with van der Waals surface area (Å²) in [6.45, 7) is 0. The summed E-state index contributed by atoms with van der Waals surface area (Å²) in [5.41, 5.74) is -0.245. The van der Waals surface area contributed by atoms with Crippen molar-refractivity contribution in [3.63, 3.8) is 0 Å². The number of nitrogens with zero attached hydrogens (tertiary/aromatic N) is 1. The molecule has 0 atom stereocenters. The predicted octanol–water partition coefficient (Wildman–Crippen LogP) is 3.44. The molecule has 0 amide bonds. The number of hydrogen-bond acceptors (Lipinski definition) is 2. The van der Waals surface area contributed by atoms with E-state index in [2.05, 4.69) is 20.9 Å². The molecule has 0 bridgehead atoms. The maximum atomic E-state index is 12.3. The second kappa shape index (κ2) is 4.19. The van der Waals surface area contributed by atoms with E-state index in [1.807, 2.05) is 0 Å². The van der Waals surface area contributed by atoms with Crippen LogP contribution in [0.5, 0.6) is 5.88 Å². The van der Waals surface area contributed by atoms with E-state index in [0.717, 1.165) is 6.20 Å². The third kappa shape index (κ3) is 2.08. The predicted molar refractivity (Wildman–Crippen MR) is 48.5 cm³/mol. The minimum atomic E-state index is -2.61. The number of pyridine rings is 1. The van der Waals surface area contributed by atoms with Gasteiger partial charge in [0.1, 0.15) is 5.02 Å². The van der Waals surface area contributed by atoms with Crippen molar-refractivity contribution in [2.75, 3.05) is 7.11 Å². The maximum Gasteiger partial charge on any atom is 0.266 e. The molecule has 0 fully saturated rings. The summed E-state index contributed by atoms with van der Waals surface area (Å²) in [6.07, 6.45) is -1.58. The Hall–Kier alpha value is -0.420. The number of hydrogen-bond donors (Lipinski definition) is 0. The number of aromatic nitrogens is 1. The van der Waals surface area contributed by atoms with Gasteiger partial charge in [0.25, 0.3) is 6.43 Å². The lowest BCUT2D eigenvalue weighted by Crippen LogP contribution is -1.94. The number of ether oxygens (including phenoxy) is 1. The molecule has 0 aliphatic rings. The van der Waals surface area contributed by atoms with Crippen molar-refractivity contribution in [3.8, 4) is 5.88 Å². The zero-order valence-electron chi connectivity index (χ0n) is 6.52. The summed E-state index contributed by atoms with van der Waals surface area (Å²) in [5, 5.41) is 0.0558. The van der Waals surface area contributed by atoms with Gasteiger partial charge in [0.05, 0.1) is 17.1 Å². The Kier molecular flexibility index (Phi) is 3.44. The van der Waals surface area contributed by atoms with Crippen LogP contribution < -0.4 is 4.74 Å². The highest BCUT2D eigenvalue weighted by atomic mass is 79.9. The Bertz CT molecular complexity index is 322. The van der Waals surface area contributed by atoms with Gasteiger partial charge < -0.3 is 4.74 Å². The van der Waals surface area contributed by atoms with Gasteiger partial charge in [-0.25, -0.2) is 13.8 Å². The molecule has 13 heavy (non-hydrogen) atoms. The van der Waals surface area contributed by atoms with E-state index in [1.165, 1.54) is 7.11 Å². The third-order valence-corrected chi connectivity index (χ3v) is 2.82. The van der Waals surface area contributed by atoms with Crippen molar-refractivity contribution in [2.45, 2.75) is 6.43 Å². The van der Waals surface area contributed by atoms with Gasteiger partial charge in [-0.1, -0.05) is 11.6 Å². The molecular formula is C7H5BrClF2NO. The lowest BCUT2D eigenvalue weighted by molar-refractivity contribution is 0.150. The molecule has 72 valence electrons. The Morgan fingerprint density at radius 1 is 1.62 bits per heavy atom. The monoisotopic (exact) mass is 271 g/mol. The van der Waals surface area contributed by atoms with Crippen molar-refractivity contribution in [2.24, 2.45) is 0 Å². The van der Waals surface area contributed by atoms with Crippen molar-refractivity contribution in [1.29, 1.82) is 0 Å². The van der Waals surface area contributed by atoms with E-state index in [9.17, 15) is 8.78 Å². The molecule has 1 rings (SSSR count). The molecule has 0 unspecified atom stereocenters. The smallest absolute Gasteiger partial charge is 0.266 e. The Labute approximate surface area is 87.0 Å². The molecule has 1 aromatic heterocycles. The van der Waals surface area contributed by atoms with Crippen molar-refractivity contribution in [1.82, 2.24) is 4.98 Å². The zero-order valence-corrected chi connectivity index (χ0v) is 8.86. The summed E-state index contributed by atoms with van der Waals surface area (Å²) in [4.78, 5) is 3.61. The van der Waals surface area contributed by atoms with Gasteiger partial charge in [0, 0.05) is 6.20 Å². The largest absolute Gasteiger partial charge is 0.480 e. The number of alkyl halides is 2. The third-order valence-electron chi connectivity index (χ3n) is 1.38. The van der Waals surface area contributed by atoms with Gasteiger partial charge in [-0.3, -0.25) is 0 Å². The molecule has 0 N–H and O–H groups in total. The lowest BCUT2D eigenvalue weighted by Gasteiger charge is -2.07. The summed E-state index contributed by atoms with van der Waals surface area (Å²) < 4.78 is 29.4. The summed E-state index contributed by atoms with van der Waals surface area (Å²) in [6, 6.07) is 0. The number of rotatable bonds is 2. The minimum absolute atomic E-state index is 0.0558. The van der Waals surface area contributed by atoms with Crippen LogP contribution in [0.2, 0.25) is 5.02 Å². The van der Waals surface area contributed by atoms with Gasteiger partial charge in [0.15, 0.2) is 0 Å². The van der Waals surface area contributed by atoms with Crippen LogP contribution in [0, 0.1) is 0 Å². The van der Waals surface area contributed by atoms with E-state index in [1.54, 1.807) is 0 Å².